The van der Waals surface area contributed by atoms with Crippen molar-refractivity contribution in [2.24, 2.45) is 0 Å². The number of nitriles is 1. The van der Waals surface area contributed by atoms with Gasteiger partial charge in [0.15, 0.2) is 0 Å². The van der Waals surface area contributed by atoms with Gasteiger partial charge in [-0.05, 0) is 44.0 Å². The molecule has 152 valence electrons. The third kappa shape index (κ3) is 6.65. The lowest BCUT2D eigenvalue weighted by molar-refractivity contribution is -0.147. The Kier molecular flexibility index (Phi) is 7.38. The molecule has 0 heterocycles. The molecule has 2 rings (SSSR count). The molecule has 1 atom stereocenters. The van der Waals surface area contributed by atoms with Crippen LogP contribution < -0.4 is 0 Å². The number of rotatable bonds is 6. The topological polar surface area (TPSA) is 79.6 Å². The molecule has 0 aliphatic carbocycles. The zero-order valence-electron chi connectivity index (χ0n) is 17.2. The maximum Gasteiger partial charge on any atom is 0.411 e. The minimum Gasteiger partial charge on any atom is -0.467 e. The van der Waals surface area contributed by atoms with Crippen LogP contribution in [-0.2, 0) is 27.2 Å². The van der Waals surface area contributed by atoms with Crippen LogP contribution in [0.25, 0.3) is 0 Å². The largest absolute Gasteiger partial charge is 0.467 e. The maximum absolute atomic E-state index is 13.0. The second kappa shape index (κ2) is 9.74. The van der Waals surface area contributed by atoms with Crippen molar-refractivity contribution in [1.29, 1.82) is 5.26 Å². The van der Waals surface area contributed by atoms with E-state index in [-0.39, 0.29) is 6.54 Å². The summed E-state index contributed by atoms with van der Waals surface area (Å²) in [7, 11) is 1.30. The van der Waals surface area contributed by atoms with E-state index in [0.29, 0.717) is 12.0 Å². The number of methoxy groups -OCH3 is 1. The molecule has 0 saturated heterocycles. The first-order valence-electron chi connectivity index (χ1n) is 9.34. The number of ether oxygens (including phenoxy) is 2. The smallest absolute Gasteiger partial charge is 0.411 e. The Morgan fingerprint density at radius 3 is 2.17 bits per heavy atom. The van der Waals surface area contributed by atoms with E-state index in [0.717, 1.165) is 11.1 Å². The van der Waals surface area contributed by atoms with Crippen LogP contribution in [0.1, 0.15) is 37.5 Å². The van der Waals surface area contributed by atoms with Gasteiger partial charge in [-0.15, -0.1) is 0 Å². The summed E-state index contributed by atoms with van der Waals surface area (Å²) in [5.41, 5.74) is 1.48. The number of nitrogens with zero attached hydrogens (tertiary/aromatic N) is 2. The Morgan fingerprint density at radius 1 is 1.03 bits per heavy atom. The van der Waals surface area contributed by atoms with Crippen LogP contribution in [0.2, 0.25) is 0 Å². The Labute approximate surface area is 171 Å². The molecule has 0 aliphatic rings. The summed E-state index contributed by atoms with van der Waals surface area (Å²) in [4.78, 5) is 27.0. The molecule has 0 aliphatic heterocycles. The van der Waals surface area contributed by atoms with E-state index in [1.807, 2.05) is 30.3 Å². The Hall–Kier alpha value is -3.33. The Morgan fingerprint density at radius 2 is 1.66 bits per heavy atom. The quantitative estimate of drug-likeness (QED) is 0.690. The van der Waals surface area contributed by atoms with Crippen molar-refractivity contribution in [3.8, 4) is 6.07 Å². The standard InChI is InChI=1S/C23H26N2O4/c1-23(2,3)29-22(27)25(16-19-12-10-18(15-24)11-13-19)20(21(26)28-4)14-17-8-6-5-7-9-17/h5-13,20H,14,16H2,1-4H3/t20-/m0/s1. The molecule has 0 radical (unpaired) electrons. The average Bonchev–Trinajstić information content (AvgIpc) is 2.70. The van der Waals surface area contributed by atoms with E-state index in [9.17, 15) is 9.59 Å². The second-order valence-corrected chi connectivity index (χ2v) is 7.65. The van der Waals surface area contributed by atoms with E-state index in [4.69, 9.17) is 14.7 Å². The summed E-state index contributed by atoms with van der Waals surface area (Å²) >= 11 is 0. The minimum atomic E-state index is -0.854. The van der Waals surface area contributed by atoms with Crippen molar-refractivity contribution in [2.75, 3.05) is 7.11 Å². The lowest BCUT2D eigenvalue weighted by atomic mass is 10.0. The molecule has 0 spiro atoms. The van der Waals surface area contributed by atoms with Gasteiger partial charge < -0.3 is 9.47 Å². The van der Waals surface area contributed by atoms with Gasteiger partial charge >= 0.3 is 12.1 Å². The number of benzene rings is 2. The molecular weight excluding hydrogens is 368 g/mol. The van der Waals surface area contributed by atoms with E-state index < -0.39 is 23.7 Å². The number of hydrogen-bond donors (Lipinski definition) is 0. The summed E-state index contributed by atoms with van der Waals surface area (Å²) in [6.45, 7) is 5.46. The van der Waals surface area contributed by atoms with Gasteiger partial charge in [-0.2, -0.15) is 5.26 Å². The first-order chi connectivity index (χ1) is 13.7. The zero-order valence-corrected chi connectivity index (χ0v) is 17.2. The highest BCUT2D eigenvalue weighted by molar-refractivity contribution is 5.82. The summed E-state index contributed by atoms with van der Waals surface area (Å²) in [6.07, 6.45) is -0.309. The van der Waals surface area contributed by atoms with Gasteiger partial charge in [-0.25, -0.2) is 9.59 Å². The van der Waals surface area contributed by atoms with Gasteiger partial charge in [-0.1, -0.05) is 42.5 Å². The molecule has 29 heavy (non-hydrogen) atoms. The normalized spacial score (nSPS) is 11.8. The molecular formula is C23H26N2O4. The number of carbonyl (C=O) groups is 2. The molecule has 0 aromatic heterocycles. The highest BCUT2D eigenvalue weighted by atomic mass is 16.6. The van der Waals surface area contributed by atoms with Gasteiger partial charge in [0, 0.05) is 13.0 Å². The summed E-state index contributed by atoms with van der Waals surface area (Å²) < 4.78 is 10.5. The van der Waals surface area contributed by atoms with Crippen LogP contribution in [-0.4, -0.2) is 35.7 Å². The number of amides is 1. The molecule has 0 saturated carbocycles. The minimum absolute atomic E-state index is 0.146. The molecule has 0 unspecified atom stereocenters. The fraction of sp³-hybridized carbons (Fsp3) is 0.348. The van der Waals surface area contributed by atoms with Crippen molar-refractivity contribution in [2.45, 2.75) is 45.4 Å². The van der Waals surface area contributed by atoms with Gasteiger partial charge in [0.25, 0.3) is 0 Å². The molecule has 2 aromatic rings. The number of hydrogen-bond acceptors (Lipinski definition) is 5. The molecule has 1 amide bonds. The van der Waals surface area contributed by atoms with Crippen LogP contribution in [0, 0.1) is 11.3 Å². The third-order valence-electron chi connectivity index (χ3n) is 4.19. The van der Waals surface area contributed by atoms with Crippen LogP contribution >= 0.6 is 0 Å². The summed E-state index contributed by atoms with van der Waals surface area (Å²) in [5, 5.41) is 8.99. The van der Waals surface area contributed by atoms with E-state index in [1.54, 1.807) is 45.0 Å². The predicted molar refractivity (Wildman–Crippen MR) is 109 cm³/mol. The third-order valence-corrected chi connectivity index (χ3v) is 4.19. The zero-order chi connectivity index (χ0) is 21.4. The fourth-order valence-corrected chi connectivity index (χ4v) is 2.80. The van der Waals surface area contributed by atoms with Crippen LogP contribution in [0.3, 0.4) is 0 Å². The van der Waals surface area contributed by atoms with Gasteiger partial charge in [0.1, 0.15) is 11.6 Å². The monoisotopic (exact) mass is 394 g/mol. The van der Waals surface area contributed by atoms with Gasteiger partial charge in [0.05, 0.1) is 18.7 Å². The maximum atomic E-state index is 13.0. The number of carbonyl (C=O) groups excluding carboxylic acids is 2. The molecule has 0 bridgehead atoms. The lowest BCUT2D eigenvalue weighted by Gasteiger charge is -2.32. The van der Waals surface area contributed by atoms with E-state index in [1.165, 1.54) is 12.0 Å². The average molecular weight is 394 g/mol. The van der Waals surface area contributed by atoms with E-state index >= 15 is 0 Å². The highest BCUT2D eigenvalue weighted by Gasteiger charge is 2.34. The van der Waals surface area contributed by atoms with Crippen LogP contribution in [0.4, 0.5) is 4.79 Å². The lowest BCUT2D eigenvalue weighted by Crippen LogP contribution is -2.48. The van der Waals surface area contributed by atoms with Crippen molar-refractivity contribution in [1.82, 2.24) is 4.90 Å². The van der Waals surface area contributed by atoms with Crippen molar-refractivity contribution >= 4 is 12.1 Å². The second-order valence-electron chi connectivity index (χ2n) is 7.65. The Bertz CT molecular complexity index is 864. The molecule has 0 N–H and O–H groups in total. The molecule has 6 nitrogen and oxygen atoms in total. The molecule has 2 aromatic carbocycles. The van der Waals surface area contributed by atoms with Crippen molar-refractivity contribution in [3.05, 3.63) is 71.3 Å². The van der Waals surface area contributed by atoms with Gasteiger partial charge in [-0.3, -0.25) is 4.90 Å². The number of esters is 1. The van der Waals surface area contributed by atoms with E-state index in [2.05, 4.69) is 6.07 Å². The highest BCUT2D eigenvalue weighted by Crippen LogP contribution is 2.19. The SMILES string of the molecule is COC(=O)[C@H](Cc1ccccc1)N(Cc1ccc(C#N)cc1)C(=O)OC(C)(C)C. The van der Waals surface area contributed by atoms with Gasteiger partial charge in [0.2, 0.25) is 0 Å². The first kappa shape index (κ1) is 22.0. The van der Waals surface area contributed by atoms with Crippen LogP contribution in [0.5, 0.6) is 0 Å². The summed E-state index contributed by atoms with van der Waals surface area (Å²) in [6, 6.07) is 17.5. The fourth-order valence-electron chi connectivity index (χ4n) is 2.80. The Balaban J connectivity index is 2.38. The summed E-state index contributed by atoms with van der Waals surface area (Å²) in [5.74, 6) is -0.520. The van der Waals surface area contributed by atoms with Crippen molar-refractivity contribution < 1.29 is 19.1 Å². The van der Waals surface area contributed by atoms with Crippen molar-refractivity contribution in [3.63, 3.8) is 0 Å². The predicted octanol–water partition coefficient (Wildman–Crippen LogP) is 4.08. The van der Waals surface area contributed by atoms with Crippen LogP contribution in [0.15, 0.2) is 54.6 Å². The first-order valence-corrected chi connectivity index (χ1v) is 9.34. The molecule has 0 fully saturated rings. The molecule has 6 heteroatoms.